The quantitative estimate of drug-likeness (QED) is 0.673. The fourth-order valence-electron chi connectivity index (χ4n) is 1.49. The van der Waals surface area contributed by atoms with E-state index in [1.54, 1.807) is 6.07 Å². The number of halogens is 1. The van der Waals surface area contributed by atoms with E-state index in [1.165, 1.54) is 12.1 Å². The second-order valence-corrected chi connectivity index (χ2v) is 3.58. The van der Waals surface area contributed by atoms with Crippen molar-refractivity contribution in [1.82, 2.24) is 14.8 Å². The topological polar surface area (TPSA) is 96.7 Å². The number of benzene rings is 1. The highest BCUT2D eigenvalue weighted by molar-refractivity contribution is 5.24. The van der Waals surface area contributed by atoms with Crippen LogP contribution in [-0.4, -0.2) is 14.8 Å². The van der Waals surface area contributed by atoms with Crippen LogP contribution in [0.2, 0.25) is 0 Å². The van der Waals surface area contributed by atoms with Gasteiger partial charge in [-0.05, 0) is 11.6 Å². The molecule has 1 aromatic carbocycles. The van der Waals surface area contributed by atoms with Gasteiger partial charge in [0, 0.05) is 12.1 Å². The predicted molar refractivity (Wildman–Crippen MR) is 59.1 cm³/mol. The molecule has 0 fully saturated rings. The van der Waals surface area contributed by atoms with Crippen molar-refractivity contribution in [3.8, 4) is 0 Å². The molecule has 1 aromatic heterocycles. The molecule has 1 heterocycles. The fourth-order valence-corrected chi connectivity index (χ4v) is 1.49. The van der Waals surface area contributed by atoms with E-state index in [0.717, 1.165) is 4.57 Å². The van der Waals surface area contributed by atoms with Gasteiger partial charge >= 0.3 is 11.4 Å². The van der Waals surface area contributed by atoms with Crippen LogP contribution in [-0.2, 0) is 13.1 Å². The van der Waals surface area contributed by atoms with E-state index in [4.69, 9.17) is 5.73 Å². The number of H-pyrrole nitrogens is 2. The summed E-state index contributed by atoms with van der Waals surface area (Å²) in [5.74, 6) is -0.486. The predicted octanol–water partition coefficient (Wildman–Crippen LogP) is -0.489. The van der Waals surface area contributed by atoms with Crippen LogP contribution in [0.15, 0.2) is 27.8 Å². The molecule has 4 N–H and O–H groups in total. The zero-order valence-corrected chi connectivity index (χ0v) is 8.87. The van der Waals surface area contributed by atoms with Gasteiger partial charge in [0.25, 0.3) is 0 Å². The summed E-state index contributed by atoms with van der Waals surface area (Å²) in [7, 11) is 0. The van der Waals surface area contributed by atoms with Gasteiger partial charge in [-0.25, -0.2) is 28.7 Å². The van der Waals surface area contributed by atoms with E-state index in [0.29, 0.717) is 5.56 Å². The fraction of sp³-hybridized carbons (Fsp3) is 0.200. The third kappa shape index (κ3) is 2.18. The molecule has 0 saturated heterocycles. The van der Waals surface area contributed by atoms with Crippen molar-refractivity contribution in [1.29, 1.82) is 0 Å². The smallest absolute Gasteiger partial charge is 0.326 e. The second kappa shape index (κ2) is 4.38. The summed E-state index contributed by atoms with van der Waals surface area (Å²) in [5, 5.41) is 4.25. The maximum Gasteiger partial charge on any atom is 0.344 e. The van der Waals surface area contributed by atoms with Gasteiger partial charge in [-0.2, -0.15) is 0 Å². The highest BCUT2D eigenvalue weighted by atomic mass is 19.1. The normalized spacial score (nSPS) is 10.7. The van der Waals surface area contributed by atoms with Gasteiger partial charge in [-0.3, -0.25) is 0 Å². The molecule has 0 radical (unpaired) electrons. The number of aromatic nitrogens is 3. The minimum atomic E-state index is -0.600. The van der Waals surface area contributed by atoms with Crippen LogP contribution in [0.3, 0.4) is 0 Å². The van der Waals surface area contributed by atoms with Crippen molar-refractivity contribution in [2.45, 2.75) is 13.1 Å². The van der Waals surface area contributed by atoms with Gasteiger partial charge in [0.1, 0.15) is 5.82 Å². The average Bonchev–Trinajstić information content (AvgIpc) is 2.63. The summed E-state index contributed by atoms with van der Waals surface area (Å²) in [6, 6.07) is 4.46. The molecule has 0 aliphatic carbocycles. The van der Waals surface area contributed by atoms with Gasteiger partial charge in [0.2, 0.25) is 0 Å². The highest BCUT2D eigenvalue weighted by Crippen LogP contribution is 2.10. The summed E-state index contributed by atoms with van der Waals surface area (Å²) < 4.78 is 14.5. The van der Waals surface area contributed by atoms with Crippen molar-refractivity contribution in [2.75, 3.05) is 0 Å². The lowest BCUT2D eigenvalue weighted by molar-refractivity contribution is 0.591. The van der Waals surface area contributed by atoms with E-state index < -0.39 is 17.2 Å². The maximum absolute atomic E-state index is 13.6. The van der Waals surface area contributed by atoms with E-state index in [9.17, 15) is 14.0 Å². The Morgan fingerprint density at radius 1 is 1.24 bits per heavy atom. The molecular formula is C10H11FN4O2. The molecule has 2 rings (SSSR count). The molecule has 0 aliphatic rings. The largest absolute Gasteiger partial charge is 0.344 e. The van der Waals surface area contributed by atoms with Crippen molar-refractivity contribution < 1.29 is 4.39 Å². The van der Waals surface area contributed by atoms with E-state index >= 15 is 0 Å². The van der Waals surface area contributed by atoms with E-state index in [2.05, 4.69) is 10.2 Å². The number of nitrogens with two attached hydrogens (primary N) is 1. The number of hydrogen-bond acceptors (Lipinski definition) is 3. The molecule has 0 aliphatic heterocycles. The molecule has 0 spiro atoms. The number of nitrogens with one attached hydrogen (secondary N) is 2. The summed E-state index contributed by atoms with van der Waals surface area (Å²) in [4.78, 5) is 22.4. The lowest BCUT2D eigenvalue weighted by Gasteiger charge is -2.04. The molecule has 7 heteroatoms. The van der Waals surface area contributed by atoms with Gasteiger partial charge in [-0.15, -0.1) is 0 Å². The van der Waals surface area contributed by atoms with Crippen LogP contribution >= 0.6 is 0 Å². The second-order valence-electron chi connectivity index (χ2n) is 3.58. The minimum absolute atomic E-state index is 0.117. The Morgan fingerprint density at radius 2 is 1.88 bits per heavy atom. The average molecular weight is 238 g/mol. The summed E-state index contributed by atoms with van der Waals surface area (Å²) in [6.07, 6.45) is 0. The number of aromatic amines is 2. The Kier molecular flexibility index (Phi) is 2.92. The first-order valence-electron chi connectivity index (χ1n) is 4.96. The van der Waals surface area contributed by atoms with Crippen molar-refractivity contribution >= 4 is 0 Å². The Morgan fingerprint density at radius 3 is 2.41 bits per heavy atom. The monoisotopic (exact) mass is 238 g/mol. The summed E-state index contributed by atoms with van der Waals surface area (Å²) in [5.41, 5.74) is 5.08. The van der Waals surface area contributed by atoms with Gasteiger partial charge < -0.3 is 5.73 Å². The highest BCUT2D eigenvalue weighted by Gasteiger charge is 2.08. The Labute approximate surface area is 94.9 Å². The van der Waals surface area contributed by atoms with Crippen LogP contribution in [0.1, 0.15) is 11.1 Å². The molecule has 0 bridgehead atoms. The van der Waals surface area contributed by atoms with Crippen molar-refractivity contribution in [2.24, 2.45) is 5.73 Å². The minimum Gasteiger partial charge on any atom is -0.326 e. The maximum atomic E-state index is 13.6. The lowest BCUT2D eigenvalue weighted by Crippen LogP contribution is -2.27. The molecule has 6 nitrogen and oxygen atoms in total. The van der Waals surface area contributed by atoms with E-state index in [1.807, 2.05) is 0 Å². The first-order valence-corrected chi connectivity index (χ1v) is 4.96. The molecular weight excluding hydrogens is 227 g/mol. The first kappa shape index (κ1) is 11.3. The van der Waals surface area contributed by atoms with Gasteiger partial charge in [0.05, 0.1) is 6.54 Å². The van der Waals surface area contributed by atoms with Gasteiger partial charge in [-0.1, -0.05) is 12.1 Å². The number of hydrogen-bond donors (Lipinski definition) is 3. The number of nitrogens with zero attached hydrogens (tertiary/aromatic N) is 1. The van der Waals surface area contributed by atoms with Crippen LogP contribution in [0.25, 0.3) is 0 Å². The SMILES string of the molecule is NCc1ccc(Cn2c(=O)[nH][nH]c2=O)c(F)c1. The van der Waals surface area contributed by atoms with Crippen LogP contribution < -0.4 is 17.1 Å². The van der Waals surface area contributed by atoms with Crippen molar-refractivity contribution in [3.63, 3.8) is 0 Å². The lowest BCUT2D eigenvalue weighted by atomic mass is 10.1. The van der Waals surface area contributed by atoms with Gasteiger partial charge in [0.15, 0.2) is 0 Å². The molecule has 2 aromatic rings. The van der Waals surface area contributed by atoms with E-state index in [-0.39, 0.29) is 18.7 Å². The van der Waals surface area contributed by atoms with Crippen LogP contribution in [0, 0.1) is 5.82 Å². The zero-order valence-electron chi connectivity index (χ0n) is 8.87. The van der Waals surface area contributed by atoms with Crippen LogP contribution in [0.5, 0.6) is 0 Å². The molecule has 0 unspecified atom stereocenters. The summed E-state index contributed by atoms with van der Waals surface area (Å²) >= 11 is 0. The third-order valence-corrected chi connectivity index (χ3v) is 2.45. The summed E-state index contributed by atoms with van der Waals surface area (Å²) in [6.45, 7) is 0.121. The standard InChI is InChI=1S/C10H11FN4O2/c11-8-3-6(4-12)1-2-7(8)5-15-9(16)13-14-10(15)17/h1-3H,4-5,12H2,(H,13,16)(H,14,17). The Balaban J connectivity index is 2.37. The van der Waals surface area contributed by atoms with Crippen molar-refractivity contribution in [3.05, 3.63) is 56.1 Å². The number of rotatable bonds is 3. The van der Waals surface area contributed by atoms with Crippen LogP contribution in [0.4, 0.5) is 4.39 Å². The molecule has 90 valence electrons. The molecule has 0 saturated carbocycles. The third-order valence-electron chi connectivity index (χ3n) is 2.45. The first-order chi connectivity index (χ1) is 8.11. The zero-order chi connectivity index (χ0) is 12.4. The molecule has 0 amide bonds. The Hall–Kier alpha value is -2.15. The Bertz CT molecular complexity index is 613. The molecule has 17 heavy (non-hydrogen) atoms. The molecule has 0 atom stereocenters.